The number of hydrogen-bond acceptors (Lipinski definition) is 5. The molecule has 1 aromatic rings. The van der Waals surface area contributed by atoms with E-state index in [2.05, 4.69) is 20.1 Å². The summed E-state index contributed by atoms with van der Waals surface area (Å²) < 4.78 is 0. The van der Waals surface area contributed by atoms with E-state index in [0.717, 1.165) is 36.9 Å². The molecular formula is C18H27N5O. The van der Waals surface area contributed by atoms with Gasteiger partial charge in [0.05, 0.1) is 0 Å². The van der Waals surface area contributed by atoms with Crippen LogP contribution in [0.3, 0.4) is 0 Å². The van der Waals surface area contributed by atoms with Gasteiger partial charge in [0.2, 0.25) is 0 Å². The average molecular weight is 329 g/mol. The fourth-order valence-corrected chi connectivity index (χ4v) is 4.37. The Bertz CT molecular complexity index is 618. The Morgan fingerprint density at radius 3 is 2.54 bits per heavy atom. The number of nitrogens with zero attached hydrogens (tertiary/aromatic N) is 4. The van der Waals surface area contributed by atoms with E-state index >= 15 is 0 Å². The highest BCUT2D eigenvalue weighted by molar-refractivity contribution is 5.96. The van der Waals surface area contributed by atoms with Crippen LogP contribution in [-0.4, -0.2) is 59.5 Å². The number of hydrogen-bond donors (Lipinski definition) is 1. The second-order valence-corrected chi connectivity index (χ2v) is 7.24. The quantitative estimate of drug-likeness (QED) is 0.891. The number of piperidine rings is 2. The Kier molecular flexibility index (Phi) is 4.39. The summed E-state index contributed by atoms with van der Waals surface area (Å²) in [5.41, 5.74) is 1.63. The molecule has 0 aromatic carbocycles. The van der Waals surface area contributed by atoms with E-state index in [0.29, 0.717) is 18.1 Å². The number of fused-ring (bicyclic) bond motifs is 1. The molecule has 2 saturated heterocycles. The van der Waals surface area contributed by atoms with E-state index in [1.54, 1.807) is 0 Å². The highest BCUT2D eigenvalue weighted by Gasteiger charge is 2.30. The number of likely N-dealkylation sites (tertiary alicyclic amines) is 1. The molecule has 130 valence electrons. The van der Waals surface area contributed by atoms with Gasteiger partial charge in [0, 0.05) is 31.2 Å². The molecule has 2 fully saturated rings. The molecule has 1 aromatic heterocycles. The summed E-state index contributed by atoms with van der Waals surface area (Å²) in [5.74, 6) is 1.65. The summed E-state index contributed by atoms with van der Waals surface area (Å²) in [6.07, 6.45) is 7.34. The zero-order valence-corrected chi connectivity index (χ0v) is 14.6. The van der Waals surface area contributed by atoms with Gasteiger partial charge in [-0.3, -0.25) is 4.79 Å². The van der Waals surface area contributed by atoms with Gasteiger partial charge < -0.3 is 15.1 Å². The molecule has 0 saturated carbocycles. The number of amides is 1. The molecule has 0 radical (unpaired) electrons. The van der Waals surface area contributed by atoms with Crippen LogP contribution in [0.4, 0.5) is 5.82 Å². The smallest absolute Gasteiger partial charge is 0.270 e. The van der Waals surface area contributed by atoms with Gasteiger partial charge in [-0.05, 0) is 52.1 Å². The van der Waals surface area contributed by atoms with E-state index in [-0.39, 0.29) is 5.91 Å². The normalized spacial score (nSPS) is 23.0. The lowest BCUT2D eigenvalue weighted by molar-refractivity contribution is 0.0940. The molecule has 24 heavy (non-hydrogen) atoms. The zero-order chi connectivity index (χ0) is 16.5. The summed E-state index contributed by atoms with van der Waals surface area (Å²) in [6.45, 7) is 7.18. The van der Waals surface area contributed by atoms with Crippen molar-refractivity contribution in [2.24, 2.45) is 0 Å². The van der Waals surface area contributed by atoms with Crippen LogP contribution in [0.25, 0.3) is 0 Å². The van der Waals surface area contributed by atoms with Crippen molar-refractivity contribution in [3.8, 4) is 0 Å². The van der Waals surface area contributed by atoms with E-state index in [4.69, 9.17) is 4.98 Å². The van der Waals surface area contributed by atoms with Crippen LogP contribution < -0.4 is 10.2 Å². The predicted molar refractivity (Wildman–Crippen MR) is 93.5 cm³/mol. The van der Waals surface area contributed by atoms with Crippen LogP contribution in [0, 0.1) is 6.92 Å². The maximum atomic E-state index is 12.1. The van der Waals surface area contributed by atoms with Crippen molar-refractivity contribution < 1.29 is 4.79 Å². The molecule has 6 nitrogen and oxygen atoms in total. The van der Waals surface area contributed by atoms with Crippen molar-refractivity contribution in [1.29, 1.82) is 0 Å². The van der Waals surface area contributed by atoms with Crippen molar-refractivity contribution in [3.05, 3.63) is 17.1 Å². The molecule has 4 heterocycles. The van der Waals surface area contributed by atoms with Crippen molar-refractivity contribution >= 4 is 11.7 Å². The first-order valence-corrected chi connectivity index (χ1v) is 9.37. The lowest BCUT2D eigenvalue weighted by Crippen LogP contribution is -2.47. The van der Waals surface area contributed by atoms with E-state index < -0.39 is 0 Å². The third kappa shape index (κ3) is 2.99. The van der Waals surface area contributed by atoms with Crippen LogP contribution in [-0.2, 0) is 6.42 Å². The van der Waals surface area contributed by atoms with Gasteiger partial charge in [0.25, 0.3) is 5.91 Å². The molecule has 3 aliphatic rings. The minimum absolute atomic E-state index is 0.0498. The van der Waals surface area contributed by atoms with Crippen LogP contribution in [0.2, 0.25) is 0 Å². The summed E-state index contributed by atoms with van der Waals surface area (Å²) >= 11 is 0. The molecular weight excluding hydrogens is 302 g/mol. The van der Waals surface area contributed by atoms with Crippen LogP contribution >= 0.6 is 0 Å². The number of anilines is 1. The Labute approximate surface area is 143 Å². The van der Waals surface area contributed by atoms with Crippen molar-refractivity contribution in [3.63, 3.8) is 0 Å². The Hall–Kier alpha value is -1.69. The number of aryl methyl sites for hydroxylation is 1. The molecule has 0 unspecified atom stereocenters. The number of rotatable bonds is 2. The molecule has 6 heteroatoms. The molecule has 0 spiro atoms. The van der Waals surface area contributed by atoms with Crippen molar-refractivity contribution in [2.45, 2.75) is 51.5 Å². The fourth-order valence-electron chi connectivity index (χ4n) is 4.37. The number of aromatic nitrogens is 2. The van der Waals surface area contributed by atoms with E-state index in [9.17, 15) is 4.79 Å². The SMILES string of the molecule is Cc1nc2c(c(N3CCC(N4CCCCC4)CC3)n1)CCNC2=O. The fraction of sp³-hybridized carbons (Fsp3) is 0.722. The molecule has 0 aliphatic carbocycles. The van der Waals surface area contributed by atoms with Gasteiger partial charge in [-0.2, -0.15) is 0 Å². The number of carbonyl (C=O) groups excluding carboxylic acids is 1. The van der Waals surface area contributed by atoms with Gasteiger partial charge in [0.15, 0.2) is 0 Å². The summed E-state index contributed by atoms with van der Waals surface area (Å²) in [5, 5.41) is 2.89. The summed E-state index contributed by atoms with van der Waals surface area (Å²) in [4.78, 5) is 26.3. The molecule has 0 atom stereocenters. The lowest BCUT2D eigenvalue weighted by atomic mass is 9.98. The van der Waals surface area contributed by atoms with E-state index in [1.807, 2.05) is 6.92 Å². The molecule has 1 N–H and O–H groups in total. The predicted octanol–water partition coefficient (Wildman–Crippen LogP) is 1.53. The minimum Gasteiger partial charge on any atom is -0.356 e. The highest BCUT2D eigenvalue weighted by Crippen LogP contribution is 2.28. The molecule has 3 aliphatic heterocycles. The monoisotopic (exact) mass is 329 g/mol. The first-order chi connectivity index (χ1) is 11.7. The second-order valence-electron chi connectivity index (χ2n) is 7.24. The van der Waals surface area contributed by atoms with Crippen molar-refractivity contribution in [1.82, 2.24) is 20.2 Å². The van der Waals surface area contributed by atoms with Gasteiger partial charge in [0.1, 0.15) is 17.3 Å². The van der Waals surface area contributed by atoms with Gasteiger partial charge in [-0.1, -0.05) is 6.42 Å². The second kappa shape index (κ2) is 6.67. The Morgan fingerprint density at radius 1 is 1.04 bits per heavy atom. The van der Waals surface area contributed by atoms with Gasteiger partial charge in [-0.25, -0.2) is 9.97 Å². The maximum absolute atomic E-state index is 12.1. The van der Waals surface area contributed by atoms with Crippen LogP contribution in [0.1, 0.15) is 54.0 Å². The van der Waals surface area contributed by atoms with E-state index in [1.165, 1.54) is 45.2 Å². The molecule has 0 bridgehead atoms. The largest absolute Gasteiger partial charge is 0.356 e. The Morgan fingerprint density at radius 2 is 1.79 bits per heavy atom. The average Bonchev–Trinajstić information content (AvgIpc) is 2.63. The molecule has 4 rings (SSSR count). The summed E-state index contributed by atoms with van der Waals surface area (Å²) in [6, 6.07) is 0.726. The van der Waals surface area contributed by atoms with Crippen molar-refractivity contribution in [2.75, 3.05) is 37.6 Å². The third-order valence-electron chi connectivity index (χ3n) is 5.64. The molecule has 1 amide bonds. The highest BCUT2D eigenvalue weighted by atomic mass is 16.1. The third-order valence-corrected chi connectivity index (χ3v) is 5.64. The number of nitrogens with one attached hydrogen (secondary N) is 1. The zero-order valence-electron chi connectivity index (χ0n) is 14.6. The standard InChI is InChI=1S/C18H27N5O/c1-13-20-16-15(5-8-19-18(16)24)17(21-13)23-11-6-14(7-12-23)22-9-3-2-4-10-22/h14H,2-12H2,1H3,(H,19,24). The summed E-state index contributed by atoms with van der Waals surface area (Å²) in [7, 11) is 0. The Balaban J connectivity index is 1.50. The maximum Gasteiger partial charge on any atom is 0.270 e. The van der Waals surface area contributed by atoms with Crippen LogP contribution in [0.15, 0.2) is 0 Å². The first kappa shape index (κ1) is 15.8. The lowest BCUT2D eigenvalue weighted by Gasteiger charge is -2.41. The van der Waals surface area contributed by atoms with Gasteiger partial charge >= 0.3 is 0 Å². The minimum atomic E-state index is -0.0498. The first-order valence-electron chi connectivity index (χ1n) is 9.37. The van der Waals surface area contributed by atoms with Gasteiger partial charge in [-0.15, -0.1) is 0 Å². The number of carbonyl (C=O) groups is 1. The topological polar surface area (TPSA) is 61.4 Å². The van der Waals surface area contributed by atoms with Crippen LogP contribution in [0.5, 0.6) is 0 Å².